The highest BCUT2D eigenvalue weighted by Crippen LogP contribution is 2.40. The van der Waals surface area contributed by atoms with Crippen molar-refractivity contribution in [3.63, 3.8) is 0 Å². The highest BCUT2D eigenvalue weighted by Gasteiger charge is 2.33. The second kappa shape index (κ2) is 4.49. The zero-order chi connectivity index (χ0) is 11.6. The van der Waals surface area contributed by atoms with Crippen molar-refractivity contribution in [2.45, 2.75) is 6.36 Å². The molecule has 84 valence electrons. The summed E-state index contributed by atoms with van der Waals surface area (Å²) in [5, 5.41) is 0.0334. The van der Waals surface area contributed by atoms with Crippen LogP contribution in [0.2, 0.25) is 5.02 Å². The van der Waals surface area contributed by atoms with Crippen molar-refractivity contribution in [2.24, 2.45) is 0 Å². The standard InChI is InChI=1S/C8H5BrClF3O2/c1-14-7-5(10)2-4(9)3-6(7)15-8(11,12)13/h2-3H,1H3. The van der Waals surface area contributed by atoms with Gasteiger partial charge in [-0.1, -0.05) is 27.5 Å². The Hall–Kier alpha value is -0.620. The summed E-state index contributed by atoms with van der Waals surface area (Å²) in [6, 6.07) is 2.53. The molecular weight excluding hydrogens is 300 g/mol. The Balaban J connectivity index is 3.15. The van der Waals surface area contributed by atoms with E-state index in [9.17, 15) is 13.2 Å². The molecule has 0 saturated heterocycles. The summed E-state index contributed by atoms with van der Waals surface area (Å²) in [6.07, 6.45) is -4.78. The maximum Gasteiger partial charge on any atom is 0.573 e. The number of hydrogen-bond donors (Lipinski definition) is 0. The Labute approximate surface area is 97.1 Å². The van der Waals surface area contributed by atoms with Crippen LogP contribution in [-0.4, -0.2) is 13.5 Å². The third-order valence-corrected chi connectivity index (χ3v) is 2.14. The summed E-state index contributed by atoms with van der Waals surface area (Å²) < 4.78 is 44.8. The molecule has 0 atom stereocenters. The van der Waals surface area contributed by atoms with Crippen LogP contribution in [0.1, 0.15) is 0 Å². The Morgan fingerprint density at radius 3 is 2.40 bits per heavy atom. The minimum atomic E-state index is -4.78. The fourth-order valence-electron chi connectivity index (χ4n) is 0.935. The maximum atomic E-state index is 12.0. The molecule has 0 saturated carbocycles. The molecule has 0 heterocycles. The number of benzene rings is 1. The molecule has 0 fully saturated rings. The molecule has 0 aliphatic rings. The molecule has 1 aromatic rings. The lowest BCUT2D eigenvalue weighted by molar-refractivity contribution is -0.275. The van der Waals surface area contributed by atoms with Gasteiger partial charge < -0.3 is 9.47 Å². The average Bonchev–Trinajstić information content (AvgIpc) is 1.99. The molecule has 7 heteroatoms. The van der Waals surface area contributed by atoms with Crippen LogP contribution in [-0.2, 0) is 0 Å². The van der Waals surface area contributed by atoms with Crippen molar-refractivity contribution < 1.29 is 22.6 Å². The molecule has 0 bridgehead atoms. The average molecular weight is 305 g/mol. The van der Waals surface area contributed by atoms with E-state index in [1.807, 2.05) is 0 Å². The number of alkyl halides is 3. The Kier molecular flexibility index (Phi) is 3.72. The SMILES string of the molecule is COc1c(Cl)cc(Br)cc1OC(F)(F)F. The van der Waals surface area contributed by atoms with Gasteiger partial charge in [-0.2, -0.15) is 0 Å². The quantitative estimate of drug-likeness (QED) is 0.822. The molecule has 0 spiro atoms. The van der Waals surface area contributed by atoms with E-state index in [2.05, 4.69) is 20.7 Å². The first-order chi connectivity index (χ1) is 6.83. The summed E-state index contributed by atoms with van der Waals surface area (Å²) in [5.74, 6) is -0.637. The van der Waals surface area contributed by atoms with Gasteiger partial charge in [0, 0.05) is 4.47 Å². The van der Waals surface area contributed by atoms with Gasteiger partial charge in [-0.3, -0.25) is 0 Å². The number of hydrogen-bond acceptors (Lipinski definition) is 2. The van der Waals surface area contributed by atoms with Crippen LogP contribution >= 0.6 is 27.5 Å². The molecule has 0 amide bonds. The van der Waals surface area contributed by atoms with Crippen molar-refractivity contribution in [3.8, 4) is 11.5 Å². The predicted octanol–water partition coefficient (Wildman–Crippen LogP) is 4.01. The Morgan fingerprint density at radius 2 is 1.93 bits per heavy atom. The fraction of sp³-hybridized carbons (Fsp3) is 0.250. The zero-order valence-corrected chi connectivity index (χ0v) is 9.70. The van der Waals surface area contributed by atoms with Crippen molar-refractivity contribution in [3.05, 3.63) is 21.6 Å². The van der Waals surface area contributed by atoms with Gasteiger partial charge in [0.2, 0.25) is 0 Å². The molecular formula is C8H5BrClF3O2. The van der Waals surface area contributed by atoms with Crippen LogP contribution in [0.25, 0.3) is 0 Å². The van der Waals surface area contributed by atoms with E-state index in [4.69, 9.17) is 16.3 Å². The summed E-state index contributed by atoms with van der Waals surface area (Å²) in [5.41, 5.74) is 0. The minimum absolute atomic E-state index is 0.0334. The molecule has 0 N–H and O–H groups in total. The van der Waals surface area contributed by atoms with Gasteiger partial charge in [-0.05, 0) is 12.1 Å². The van der Waals surface area contributed by atoms with E-state index in [0.717, 1.165) is 6.07 Å². The summed E-state index contributed by atoms with van der Waals surface area (Å²) in [6.45, 7) is 0. The lowest BCUT2D eigenvalue weighted by atomic mass is 10.3. The molecule has 15 heavy (non-hydrogen) atoms. The van der Waals surface area contributed by atoms with Crippen molar-refractivity contribution >= 4 is 27.5 Å². The lowest BCUT2D eigenvalue weighted by Gasteiger charge is -2.13. The number of rotatable bonds is 2. The second-order valence-corrected chi connectivity index (χ2v) is 3.79. The maximum absolute atomic E-state index is 12.0. The van der Waals surface area contributed by atoms with Gasteiger partial charge in [0.15, 0.2) is 11.5 Å². The molecule has 0 aliphatic carbocycles. The van der Waals surface area contributed by atoms with Crippen LogP contribution in [0.3, 0.4) is 0 Å². The fourth-order valence-corrected chi connectivity index (χ4v) is 1.79. The summed E-state index contributed by atoms with van der Waals surface area (Å²) >= 11 is 8.66. The van der Waals surface area contributed by atoms with Crippen molar-refractivity contribution in [1.82, 2.24) is 0 Å². The normalized spacial score (nSPS) is 11.3. The van der Waals surface area contributed by atoms with Crippen LogP contribution in [0.5, 0.6) is 11.5 Å². The molecule has 1 aromatic carbocycles. The van der Waals surface area contributed by atoms with Crippen molar-refractivity contribution in [1.29, 1.82) is 0 Å². The van der Waals surface area contributed by atoms with Gasteiger partial charge in [-0.25, -0.2) is 0 Å². The molecule has 0 aliphatic heterocycles. The van der Waals surface area contributed by atoms with E-state index < -0.39 is 12.1 Å². The third kappa shape index (κ3) is 3.46. The van der Waals surface area contributed by atoms with Gasteiger partial charge in [0.1, 0.15) is 0 Å². The van der Waals surface area contributed by atoms with Crippen LogP contribution in [0.4, 0.5) is 13.2 Å². The van der Waals surface area contributed by atoms with Gasteiger partial charge >= 0.3 is 6.36 Å². The number of methoxy groups -OCH3 is 1. The zero-order valence-electron chi connectivity index (χ0n) is 7.36. The van der Waals surface area contributed by atoms with Crippen LogP contribution < -0.4 is 9.47 Å². The Morgan fingerprint density at radius 1 is 1.33 bits per heavy atom. The van der Waals surface area contributed by atoms with Crippen LogP contribution in [0.15, 0.2) is 16.6 Å². The topological polar surface area (TPSA) is 18.5 Å². The summed E-state index contributed by atoms with van der Waals surface area (Å²) in [4.78, 5) is 0. The first-order valence-electron chi connectivity index (χ1n) is 3.62. The summed E-state index contributed by atoms with van der Waals surface area (Å²) in [7, 11) is 1.21. The molecule has 0 unspecified atom stereocenters. The first kappa shape index (κ1) is 12.4. The third-order valence-electron chi connectivity index (χ3n) is 1.40. The smallest absolute Gasteiger partial charge is 0.491 e. The van der Waals surface area contributed by atoms with Gasteiger partial charge in [0.25, 0.3) is 0 Å². The highest BCUT2D eigenvalue weighted by atomic mass is 79.9. The molecule has 1 rings (SSSR count). The van der Waals surface area contributed by atoms with E-state index in [0.29, 0.717) is 4.47 Å². The number of halogens is 5. The van der Waals surface area contributed by atoms with E-state index in [-0.39, 0.29) is 10.8 Å². The highest BCUT2D eigenvalue weighted by molar-refractivity contribution is 9.10. The van der Waals surface area contributed by atoms with E-state index in [1.165, 1.54) is 13.2 Å². The van der Waals surface area contributed by atoms with Crippen molar-refractivity contribution in [2.75, 3.05) is 7.11 Å². The van der Waals surface area contributed by atoms with E-state index >= 15 is 0 Å². The van der Waals surface area contributed by atoms with E-state index in [1.54, 1.807) is 0 Å². The predicted molar refractivity (Wildman–Crippen MR) is 52.4 cm³/mol. The minimum Gasteiger partial charge on any atom is -0.491 e. The second-order valence-electron chi connectivity index (χ2n) is 2.47. The monoisotopic (exact) mass is 304 g/mol. The Bertz CT molecular complexity index is 368. The molecule has 2 nitrogen and oxygen atoms in total. The molecule has 0 aromatic heterocycles. The lowest BCUT2D eigenvalue weighted by Crippen LogP contribution is -2.17. The van der Waals surface area contributed by atoms with Crippen LogP contribution in [0, 0.1) is 0 Å². The van der Waals surface area contributed by atoms with Gasteiger partial charge in [-0.15, -0.1) is 13.2 Å². The van der Waals surface area contributed by atoms with Gasteiger partial charge in [0.05, 0.1) is 12.1 Å². The first-order valence-corrected chi connectivity index (χ1v) is 4.79. The largest absolute Gasteiger partial charge is 0.573 e. The molecule has 0 radical (unpaired) electrons. The number of ether oxygens (including phenoxy) is 2.